The first-order chi connectivity index (χ1) is 15.2. The number of rotatable bonds is 7. The van der Waals surface area contributed by atoms with Crippen molar-refractivity contribution in [3.63, 3.8) is 0 Å². The average Bonchev–Trinajstić information content (AvgIpc) is 2.98. The normalized spacial score (nSPS) is 16.9. The maximum absolute atomic E-state index is 6.10. The zero-order valence-corrected chi connectivity index (χ0v) is 19.6. The molecule has 0 bridgehead atoms. The number of ether oxygens (including phenoxy) is 2. The zero-order chi connectivity index (χ0) is 22.9. The van der Waals surface area contributed by atoms with Crippen molar-refractivity contribution in [2.45, 2.75) is 51.6 Å². The molecule has 2 heterocycles. The lowest BCUT2D eigenvalue weighted by molar-refractivity contribution is 0.00578. The van der Waals surface area contributed by atoms with Gasteiger partial charge in [-0.25, -0.2) is 9.97 Å². The van der Waals surface area contributed by atoms with Gasteiger partial charge in [-0.05, 0) is 64.2 Å². The van der Waals surface area contributed by atoms with E-state index < -0.39 is 0 Å². The maximum atomic E-state index is 6.10. The fourth-order valence-electron chi connectivity index (χ4n) is 3.74. The van der Waals surface area contributed by atoms with Crippen LogP contribution in [-0.2, 0) is 15.7 Å². The highest BCUT2D eigenvalue weighted by Gasteiger charge is 2.50. The standard InChI is InChI=1S/C24H30BN3O4/c1-23(2)24(3,4)32-25(31-23)12-11-16-7-9-17(10-8-16)28-22-18-13-20(29-5)21(30-6)14-19(18)26-15-27-22/h7-10,13-15H,11-12H2,1-6H3,(H,26,27,28). The molecule has 0 amide bonds. The van der Waals surface area contributed by atoms with E-state index in [0.717, 1.165) is 29.3 Å². The van der Waals surface area contributed by atoms with E-state index in [1.165, 1.54) is 11.9 Å². The van der Waals surface area contributed by atoms with Crippen LogP contribution in [0.5, 0.6) is 11.5 Å². The molecule has 1 N–H and O–H groups in total. The molecule has 4 rings (SSSR count). The van der Waals surface area contributed by atoms with Gasteiger partial charge in [0.05, 0.1) is 30.9 Å². The van der Waals surface area contributed by atoms with E-state index in [0.29, 0.717) is 17.3 Å². The summed E-state index contributed by atoms with van der Waals surface area (Å²) in [5, 5.41) is 4.24. The first-order valence-corrected chi connectivity index (χ1v) is 10.8. The summed E-state index contributed by atoms with van der Waals surface area (Å²) in [5.41, 5.74) is 2.36. The molecule has 8 heteroatoms. The lowest BCUT2D eigenvalue weighted by Crippen LogP contribution is -2.41. The lowest BCUT2D eigenvalue weighted by Gasteiger charge is -2.32. The van der Waals surface area contributed by atoms with Crippen molar-refractivity contribution in [1.82, 2.24) is 9.97 Å². The molecule has 1 aliphatic rings. The fraction of sp³-hybridized carbons (Fsp3) is 0.417. The van der Waals surface area contributed by atoms with Crippen LogP contribution in [0.2, 0.25) is 6.32 Å². The number of fused-ring (bicyclic) bond motifs is 1. The molecular weight excluding hydrogens is 405 g/mol. The average molecular weight is 435 g/mol. The second kappa shape index (κ2) is 8.60. The van der Waals surface area contributed by atoms with Gasteiger partial charge in [-0.1, -0.05) is 12.1 Å². The molecule has 0 radical (unpaired) electrons. The minimum atomic E-state index is -0.293. The summed E-state index contributed by atoms with van der Waals surface area (Å²) in [5.74, 6) is 1.98. The second-order valence-electron chi connectivity index (χ2n) is 8.99. The summed E-state index contributed by atoms with van der Waals surface area (Å²) in [6.45, 7) is 8.32. The number of benzene rings is 2. The van der Waals surface area contributed by atoms with Crippen molar-refractivity contribution in [3.05, 3.63) is 48.3 Å². The molecule has 7 nitrogen and oxygen atoms in total. The van der Waals surface area contributed by atoms with Crippen LogP contribution in [0.3, 0.4) is 0 Å². The highest BCUT2D eigenvalue weighted by Crippen LogP contribution is 2.38. The van der Waals surface area contributed by atoms with Crippen LogP contribution in [0.15, 0.2) is 42.7 Å². The minimum Gasteiger partial charge on any atom is -0.493 e. The lowest BCUT2D eigenvalue weighted by atomic mass is 9.81. The minimum absolute atomic E-state index is 0.183. The van der Waals surface area contributed by atoms with Crippen LogP contribution in [0.25, 0.3) is 10.9 Å². The molecule has 1 fully saturated rings. The molecule has 168 valence electrons. The fourth-order valence-corrected chi connectivity index (χ4v) is 3.74. The molecular formula is C24H30BN3O4. The molecule has 3 aromatic rings. The Morgan fingerprint density at radius 2 is 1.53 bits per heavy atom. The summed E-state index contributed by atoms with van der Waals surface area (Å²) < 4.78 is 23.0. The number of nitrogens with one attached hydrogen (secondary N) is 1. The van der Waals surface area contributed by atoms with Gasteiger partial charge in [0.2, 0.25) is 0 Å². The van der Waals surface area contributed by atoms with Crippen LogP contribution >= 0.6 is 0 Å². The van der Waals surface area contributed by atoms with E-state index in [1.807, 2.05) is 24.3 Å². The number of hydrogen-bond donors (Lipinski definition) is 1. The number of nitrogens with zero attached hydrogens (tertiary/aromatic N) is 2. The van der Waals surface area contributed by atoms with Gasteiger partial charge in [0, 0.05) is 17.1 Å². The van der Waals surface area contributed by atoms with E-state index in [1.54, 1.807) is 14.2 Å². The van der Waals surface area contributed by atoms with Crippen molar-refractivity contribution < 1.29 is 18.8 Å². The van der Waals surface area contributed by atoms with Gasteiger partial charge < -0.3 is 24.1 Å². The van der Waals surface area contributed by atoms with Gasteiger partial charge in [-0.2, -0.15) is 0 Å². The topological polar surface area (TPSA) is 74.7 Å². The van der Waals surface area contributed by atoms with Crippen molar-refractivity contribution >= 4 is 29.5 Å². The summed E-state index contributed by atoms with van der Waals surface area (Å²) in [6.07, 6.45) is 3.23. The first kappa shape index (κ1) is 22.4. The summed E-state index contributed by atoms with van der Waals surface area (Å²) >= 11 is 0. The van der Waals surface area contributed by atoms with Crippen LogP contribution in [0.4, 0.5) is 11.5 Å². The smallest absolute Gasteiger partial charge is 0.458 e. The molecule has 1 aliphatic heterocycles. The Hall–Kier alpha value is -2.84. The Bertz CT molecular complexity index is 1090. The van der Waals surface area contributed by atoms with Gasteiger partial charge >= 0.3 is 7.12 Å². The third kappa shape index (κ3) is 4.38. The zero-order valence-electron chi connectivity index (χ0n) is 19.6. The van der Waals surface area contributed by atoms with Gasteiger partial charge in [0.25, 0.3) is 0 Å². The van der Waals surface area contributed by atoms with Crippen LogP contribution in [-0.4, -0.2) is 42.5 Å². The summed E-state index contributed by atoms with van der Waals surface area (Å²) in [7, 11) is 3.04. The SMILES string of the molecule is COc1cc2ncnc(Nc3ccc(CCB4OC(C)(C)C(C)(C)O4)cc3)c2cc1OC. The summed E-state index contributed by atoms with van der Waals surface area (Å²) in [6, 6.07) is 12.1. The number of aryl methyl sites for hydroxylation is 1. The molecule has 0 aliphatic carbocycles. The Morgan fingerprint density at radius 3 is 2.16 bits per heavy atom. The predicted molar refractivity (Wildman–Crippen MR) is 127 cm³/mol. The van der Waals surface area contributed by atoms with Gasteiger partial charge in [-0.3, -0.25) is 0 Å². The number of methoxy groups -OCH3 is 2. The second-order valence-corrected chi connectivity index (χ2v) is 8.99. The molecule has 0 spiro atoms. The monoisotopic (exact) mass is 435 g/mol. The molecule has 0 unspecified atom stereocenters. The quantitative estimate of drug-likeness (QED) is 0.522. The predicted octanol–water partition coefficient (Wildman–Crippen LogP) is 5.03. The highest BCUT2D eigenvalue weighted by atomic mass is 16.7. The maximum Gasteiger partial charge on any atom is 0.458 e. The van der Waals surface area contributed by atoms with E-state index in [9.17, 15) is 0 Å². The third-order valence-electron chi connectivity index (χ3n) is 6.33. The molecule has 32 heavy (non-hydrogen) atoms. The Balaban J connectivity index is 1.45. The summed E-state index contributed by atoms with van der Waals surface area (Å²) in [4.78, 5) is 8.77. The van der Waals surface area contributed by atoms with E-state index >= 15 is 0 Å². The highest BCUT2D eigenvalue weighted by molar-refractivity contribution is 6.45. The van der Waals surface area contributed by atoms with Crippen LogP contribution < -0.4 is 14.8 Å². The molecule has 0 atom stereocenters. The van der Waals surface area contributed by atoms with Crippen molar-refractivity contribution in [2.24, 2.45) is 0 Å². The van der Waals surface area contributed by atoms with Crippen molar-refractivity contribution in [1.29, 1.82) is 0 Å². The first-order valence-electron chi connectivity index (χ1n) is 10.8. The van der Waals surface area contributed by atoms with Crippen LogP contribution in [0, 0.1) is 0 Å². The molecule has 0 saturated carbocycles. The Kier molecular flexibility index (Phi) is 6.01. The van der Waals surface area contributed by atoms with Crippen LogP contribution in [0.1, 0.15) is 33.3 Å². The Morgan fingerprint density at radius 1 is 0.906 bits per heavy atom. The van der Waals surface area contributed by atoms with Gasteiger partial charge in [0.1, 0.15) is 12.1 Å². The number of anilines is 2. The van der Waals surface area contributed by atoms with E-state index in [-0.39, 0.29) is 18.3 Å². The number of aromatic nitrogens is 2. The number of hydrogen-bond acceptors (Lipinski definition) is 7. The Labute approximate surface area is 189 Å². The third-order valence-corrected chi connectivity index (χ3v) is 6.33. The molecule has 1 aromatic heterocycles. The van der Waals surface area contributed by atoms with E-state index in [2.05, 4.69) is 55.1 Å². The van der Waals surface area contributed by atoms with Crippen molar-refractivity contribution in [2.75, 3.05) is 19.5 Å². The van der Waals surface area contributed by atoms with Gasteiger partial charge in [0.15, 0.2) is 11.5 Å². The van der Waals surface area contributed by atoms with Crippen molar-refractivity contribution in [3.8, 4) is 11.5 Å². The molecule has 1 saturated heterocycles. The molecule has 2 aromatic carbocycles. The van der Waals surface area contributed by atoms with Gasteiger partial charge in [-0.15, -0.1) is 0 Å². The van der Waals surface area contributed by atoms with E-state index in [4.69, 9.17) is 18.8 Å². The largest absolute Gasteiger partial charge is 0.493 e.